The number of amides is 3. The summed E-state index contributed by atoms with van der Waals surface area (Å²) in [6.07, 6.45) is 4.99. The molecule has 144 valence electrons. The molecule has 1 aliphatic carbocycles. The molecule has 2 aliphatic rings. The van der Waals surface area contributed by atoms with Crippen molar-refractivity contribution in [2.24, 2.45) is 11.8 Å². The summed E-state index contributed by atoms with van der Waals surface area (Å²) in [6, 6.07) is 0. The molecule has 0 saturated carbocycles. The highest BCUT2D eigenvalue weighted by atomic mass is 32.1. The summed E-state index contributed by atoms with van der Waals surface area (Å²) in [5, 5.41) is 2.90. The van der Waals surface area contributed by atoms with Gasteiger partial charge in [-0.25, -0.2) is 9.78 Å². The number of nitrogens with one attached hydrogen (secondary N) is 1. The molecule has 1 aliphatic heterocycles. The van der Waals surface area contributed by atoms with Crippen molar-refractivity contribution in [1.29, 1.82) is 0 Å². The van der Waals surface area contributed by atoms with Crippen molar-refractivity contribution in [1.82, 2.24) is 9.88 Å². The van der Waals surface area contributed by atoms with Crippen LogP contribution in [-0.2, 0) is 19.1 Å². The number of fused-ring (bicyclic) bond motifs is 1. The van der Waals surface area contributed by atoms with Gasteiger partial charge in [-0.15, -0.1) is 0 Å². The van der Waals surface area contributed by atoms with Gasteiger partial charge in [-0.1, -0.05) is 23.5 Å². The zero-order valence-electron chi connectivity index (χ0n) is 15.2. The monoisotopic (exact) mass is 391 g/mol. The van der Waals surface area contributed by atoms with Crippen LogP contribution in [0.15, 0.2) is 12.2 Å². The normalized spacial score (nSPS) is 21.3. The zero-order chi connectivity index (χ0) is 19.6. The summed E-state index contributed by atoms with van der Waals surface area (Å²) in [4.78, 5) is 54.5. The first-order chi connectivity index (χ1) is 12.9. The van der Waals surface area contributed by atoms with E-state index in [2.05, 4.69) is 10.3 Å². The Morgan fingerprint density at radius 3 is 2.48 bits per heavy atom. The first kappa shape index (κ1) is 19.2. The molecule has 0 bridgehead atoms. The van der Waals surface area contributed by atoms with Gasteiger partial charge in [0.15, 0.2) is 5.13 Å². The van der Waals surface area contributed by atoms with E-state index in [-0.39, 0.29) is 54.3 Å². The van der Waals surface area contributed by atoms with E-state index in [0.717, 1.165) is 11.3 Å². The van der Waals surface area contributed by atoms with Gasteiger partial charge in [0.25, 0.3) is 0 Å². The zero-order valence-corrected chi connectivity index (χ0v) is 16.0. The first-order valence-electron chi connectivity index (χ1n) is 8.87. The number of aryl methyl sites for hydroxylation is 1. The van der Waals surface area contributed by atoms with Crippen LogP contribution in [-0.4, -0.2) is 46.7 Å². The standard InChI is InChI=1S/C18H21N3O5S/c1-3-26-17(25)14-10(2)19-18(27-14)20-13(22)8-9-21-15(23)11-6-4-5-7-12(11)16(21)24/h4-5,11-12H,3,6-9H2,1-2H3,(H,19,20,22). The van der Waals surface area contributed by atoms with Gasteiger partial charge in [-0.05, 0) is 26.7 Å². The smallest absolute Gasteiger partial charge is 0.350 e. The van der Waals surface area contributed by atoms with Gasteiger partial charge in [-0.3, -0.25) is 19.3 Å². The van der Waals surface area contributed by atoms with E-state index in [9.17, 15) is 19.2 Å². The molecule has 3 rings (SSSR count). The minimum atomic E-state index is -0.475. The Bertz CT molecular complexity index is 790. The number of nitrogens with zero attached hydrogens (tertiary/aromatic N) is 2. The number of aromatic nitrogens is 1. The van der Waals surface area contributed by atoms with Gasteiger partial charge in [0.05, 0.1) is 24.1 Å². The van der Waals surface area contributed by atoms with Crippen molar-refractivity contribution in [3.8, 4) is 0 Å². The third-order valence-electron chi connectivity index (χ3n) is 4.67. The highest BCUT2D eigenvalue weighted by molar-refractivity contribution is 7.17. The van der Waals surface area contributed by atoms with E-state index in [1.807, 2.05) is 12.2 Å². The minimum Gasteiger partial charge on any atom is -0.462 e. The molecule has 0 radical (unpaired) electrons. The van der Waals surface area contributed by atoms with Crippen molar-refractivity contribution < 1.29 is 23.9 Å². The quantitative estimate of drug-likeness (QED) is 0.451. The van der Waals surface area contributed by atoms with Crippen LogP contribution in [0.3, 0.4) is 0 Å². The highest BCUT2D eigenvalue weighted by Gasteiger charge is 2.46. The Kier molecular flexibility index (Phi) is 5.69. The minimum absolute atomic E-state index is 0.0162. The van der Waals surface area contributed by atoms with Crippen LogP contribution in [0.4, 0.5) is 5.13 Å². The lowest BCUT2D eigenvalue weighted by molar-refractivity contribution is -0.140. The van der Waals surface area contributed by atoms with E-state index < -0.39 is 5.97 Å². The van der Waals surface area contributed by atoms with Crippen LogP contribution in [0, 0.1) is 18.8 Å². The molecule has 1 aromatic heterocycles. The van der Waals surface area contributed by atoms with Gasteiger partial charge in [-0.2, -0.15) is 0 Å². The van der Waals surface area contributed by atoms with Crippen molar-refractivity contribution in [3.63, 3.8) is 0 Å². The van der Waals surface area contributed by atoms with Crippen LogP contribution in [0.25, 0.3) is 0 Å². The second kappa shape index (κ2) is 7.99. The molecule has 2 atom stereocenters. The van der Waals surface area contributed by atoms with Crippen LogP contribution < -0.4 is 5.32 Å². The third kappa shape index (κ3) is 3.92. The summed E-state index contributed by atoms with van der Waals surface area (Å²) in [5.74, 6) is -1.82. The Hall–Kier alpha value is -2.55. The number of allylic oxidation sites excluding steroid dienone is 2. The van der Waals surface area contributed by atoms with Crippen LogP contribution >= 0.6 is 11.3 Å². The first-order valence-corrected chi connectivity index (χ1v) is 9.68. The number of thiazole rings is 1. The molecular weight excluding hydrogens is 370 g/mol. The summed E-state index contributed by atoms with van der Waals surface area (Å²) in [7, 11) is 0. The Balaban J connectivity index is 1.56. The van der Waals surface area contributed by atoms with Gasteiger partial charge < -0.3 is 10.1 Å². The number of likely N-dealkylation sites (tertiary alicyclic amines) is 1. The third-order valence-corrected chi connectivity index (χ3v) is 5.72. The van der Waals surface area contributed by atoms with Crippen LogP contribution in [0.1, 0.15) is 41.6 Å². The molecule has 0 aromatic carbocycles. The predicted octanol–water partition coefficient (Wildman–Crippen LogP) is 1.91. The van der Waals surface area contributed by atoms with Crippen molar-refractivity contribution >= 4 is 40.2 Å². The molecular formula is C18H21N3O5S. The number of ether oxygens (including phenoxy) is 1. The van der Waals surface area contributed by atoms with Gasteiger partial charge in [0.1, 0.15) is 4.88 Å². The van der Waals surface area contributed by atoms with Gasteiger partial charge in [0.2, 0.25) is 17.7 Å². The number of imide groups is 1. The molecule has 9 heteroatoms. The maximum Gasteiger partial charge on any atom is 0.350 e. The lowest BCUT2D eigenvalue weighted by atomic mass is 9.85. The van der Waals surface area contributed by atoms with Crippen molar-refractivity contribution in [3.05, 3.63) is 22.7 Å². The molecule has 1 aromatic rings. The van der Waals surface area contributed by atoms with Crippen LogP contribution in [0.5, 0.6) is 0 Å². The number of hydrogen-bond donors (Lipinski definition) is 1. The van der Waals surface area contributed by atoms with Gasteiger partial charge in [0, 0.05) is 13.0 Å². The topological polar surface area (TPSA) is 106 Å². The summed E-state index contributed by atoms with van der Waals surface area (Å²) in [6.45, 7) is 3.68. The molecule has 2 heterocycles. The molecule has 2 unspecified atom stereocenters. The SMILES string of the molecule is CCOC(=O)c1sc(NC(=O)CCN2C(=O)C3CC=CCC3C2=O)nc1C. The number of esters is 1. The Labute approximate surface area is 160 Å². The average molecular weight is 391 g/mol. The van der Waals surface area contributed by atoms with E-state index in [4.69, 9.17) is 4.74 Å². The summed E-state index contributed by atoms with van der Waals surface area (Å²) >= 11 is 1.04. The largest absolute Gasteiger partial charge is 0.462 e. The molecule has 0 spiro atoms. The second-order valence-electron chi connectivity index (χ2n) is 6.44. The predicted molar refractivity (Wildman–Crippen MR) is 98.1 cm³/mol. The number of carbonyl (C=O) groups excluding carboxylic acids is 4. The lowest BCUT2D eigenvalue weighted by Gasteiger charge is -2.14. The second-order valence-corrected chi connectivity index (χ2v) is 7.44. The number of hydrogen-bond acceptors (Lipinski definition) is 7. The number of anilines is 1. The van der Waals surface area contributed by atoms with Gasteiger partial charge >= 0.3 is 5.97 Å². The fourth-order valence-corrected chi connectivity index (χ4v) is 4.20. The van der Waals surface area contributed by atoms with E-state index in [1.54, 1.807) is 13.8 Å². The number of carbonyl (C=O) groups is 4. The maximum absolute atomic E-state index is 12.4. The van der Waals surface area contributed by atoms with Crippen molar-refractivity contribution in [2.45, 2.75) is 33.1 Å². The molecule has 1 fully saturated rings. The number of rotatable bonds is 6. The molecule has 8 nitrogen and oxygen atoms in total. The molecule has 27 heavy (non-hydrogen) atoms. The maximum atomic E-state index is 12.4. The van der Waals surface area contributed by atoms with E-state index in [1.165, 1.54) is 4.90 Å². The molecule has 1 saturated heterocycles. The molecule has 3 amide bonds. The van der Waals surface area contributed by atoms with Crippen molar-refractivity contribution in [2.75, 3.05) is 18.5 Å². The molecule has 1 N–H and O–H groups in total. The highest BCUT2D eigenvalue weighted by Crippen LogP contribution is 2.35. The average Bonchev–Trinajstić information content (AvgIpc) is 3.12. The van der Waals surface area contributed by atoms with E-state index in [0.29, 0.717) is 23.4 Å². The van der Waals surface area contributed by atoms with Crippen LogP contribution in [0.2, 0.25) is 0 Å². The summed E-state index contributed by atoms with van der Waals surface area (Å²) in [5.41, 5.74) is 0.482. The fraction of sp³-hybridized carbons (Fsp3) is 0.500. The Morgan fingerprint density at radius 1 is 1.26 bits per heavy atom. The van der Waals surface area contributed by atoms with E-state index >= 15 is 0 Å². The Morgan fingerprint density at radius 2 is 1.89 bits per heavy atom. The summed E-state index contributed by atoms with van der Waals surface area (Å²) < 4.78 is 4.94. The lowest BCUT2D eigenvalue weighted by Crippen LogP contribution is -2.34. The fourth-order valence-electron chi connectivity index (χ4n) is 3.32.